The molecule has 0 bridgehead atoms. The van der Waals surface area contributed by atoms with Crippen molar-refractivity contribution < 1.29 is 19.1 Å². The molecule has 1 aliphatic carbocycles. The Kier molecular flexibility index (Phi) is 7.60. The predicted molar refractivity (Wildman–Crippen MR) is 116 cm³/mol. The lowest BCUT2D eigenvalue weighted by Crippen LogP contribution is -2.37. The zero-order valence-electron chi connectivity index (χ0n) is 16.4. The molecule has 3 rings (SSSR count). The third-order valence-corrected chi connectivity index (χ3v) is 5.04. The standard InChI is InChI=1S/C22H22Cl2N2O4/c1-14-10-17(25-21(27)12-29-18-6-2-15(23)3-7-18)11-20(14)26-22(28)13-30-19-8-4-16(24)5-9-19/h2-9,17H,10-13H2,1H3,(H,25,27)(H,26,28). The average molecular weight is 449 g/mol. The number of hydrogen-bond acceptors (Lipinski definition) is 4. The smallest absolute Gasteiger partial charge is 0.262 e. The van der Waals surface area contributed by atoms with Gasteiger partial charge in [-0.2, -0.15) is 0 Å². The summed E-state index contributed by atoms with van der Waals surface area (Å²) in [7, 11) is 0. The summed E-state index contributed by atoms with van der Waals surface area (Å²) < 4.78 is 10.9. The van der Waals surface area contributed by atoms with Crippen LogP contribution in [0, 0.1) is 0 Å². The van der Waals surface area contributed by atoms with Gasteiger partial charge in [0, 0.05) is 28.2 Å². The molecule has 0 aliphatic heterocycles. The van der Waals surface area contributed by atoms with Crippen LogP contribution in [0.2, 0.25) is 10.0 Å². The van der Waals surface area contributed by atoms with E-state index < -0.39 is 0 Å². The van der Waals surface area contributed by atoms with E-state index in [0.717, 1.165) is 11.3 Å². The summed E-state index contributed by atoms with van der Waals surface area (Å²) in [5.41, 5.74) is 1.84. The Morgan fingerprint density at radius 3 is 1.90 bits per heavy atom. The van der Waals surface area contributed by atoms with Crippen molar-refractivity contribution in [2.24, 2.45) is 0 Å². The van der Waals surface area contributed by atoms with Crippen LogP contribution >= 0.6 is 23.2 Å². The number of carbonyl (C=O) groups excluding carboxylic acids is 2. The second kappa shape index (κ2) is 10.4. The molecule has 8 heteroatoms. The van der Waals surface area contributed by atoms with Crippen molar-refractivity contribution >= 4 is 35.0 Å². The molecule has 2 amide bonds. The number of rotatable bonds is 8. The zero-order valence-corrected chi connectivity index (χ0v) is 17.9. The highest BCUT2D eigenvalue weighted by Crippen LogP contribution is 2.24. The van der Waals surface area contributed by atoms with Gasteiger partial charge in [-0.05, 0) is 61.9 Å². The van der Waals surface area contributed by atoms with Crippen LogP contribution in [0.1, 0.15) is 19.8 Å². The zero-order chi connectivity index (χ0) is 21.5. The van der Waals surface area contributed by atoms with Crippen LogP contribution in [-0.2, 0) is 9.59 Å². The van der Waals surface area contributed by atoms with E-state index in [1.165, 1.54) is 0 Å². The largest absolute Gasteiger partial charge is 0.484 e. The minimum absolute atomic E-state index is 0.0844. The Hall–Kier alpha value is -2.70. The molecule has 0 aromatic heterocycles. The highest BCUT2D eigenvalue weighted by atomic mass is 35.5. The molecule has 0 saturated carbocycles. The van der Waals surface area contributed by atoms with Crippen molar-refractivity contribution in [3.63, 3.8) is 0 Å². The maximum atomic E-state index is 12.2. The molecule has 1 aliphatic rings. The van der Waals surface area contributed by atoms with Gasteiger partial charge >= 0.3 is 0 Å². The minimum atomic E-state index is -0.252. The first-order valence-electron chi connectivity index (χ1n) is 9.43. The molecular weight excluding hydrogens is 427 g/mol. The SMILES string of the molecule is CC1=C(NC(=O)COc2ccc(Cl)cc2)CC(NC(=O)COc2ccc(Cl)cc2)C1. The Bertz CT molecular complexity index is 927. The summed E-state index contributed by atoms with van der Waals surface area (Å²) in [5, 5.41) is 7.01. The van der Waals surface area contributed by atoms with Gasteiger partial charge in [0.1, 0.15) is 11.5 Å². The molecule has 2 N–H and O–H groups in total. The van der Waals surface area contributed by atoms with Gasteiger partial charge in [0.15, 0.2) is 13.2 Å². The third-order valence-electron chi connectivity index (χ3n) is 4.54. The van der Waals surface area contributed by atoms with Crippen LogP contribution in [0.25, 0.3) is 0 Å². The maximum absolute atomic E-state index is 12.2. The first kappa shape index (κ1) is 22.0. The van der Waals surface area contributed by atoms with E-state index in [9.17, 15) is 9.59 Å². The molecular formula is C22H22Cl2N2O4. The minimum Gasteiger partial charge on any atom is -0.484 e. The number of carbonyl (C=O) groups is 2. The lowest BCUT2D eigenvalue weighted by molar-refractivity contribution is -0.123. The molecule has 30 heavy (non-hydrogen) atoms. The van der Waals surface area contributed by atoms with Gasteiger partial charge < -0.3 is 20.1 Å². The molecule has 0 spiro atoms. The van der Waals surface area contributed by atoms with Gasteiger partial charge in [0.05, 0.1) is 0 Å². The van der Waals surface area contributed by atoms with Crippen LogP contribution in [0.5, 0.6) is 11.5 Å². The second-order valence-electron chi connectivity index (χ2n) is 6.96. The molecule has 6 nitrogen and oxygen atoms in total. The highest BCUT2D eigenvalue weighted by Gasteiger charge is 2.24. The highest BCUT2D eigenvalue weighted by molar-refractivity contribution is 6.30. The lowest BCUT2D eigenvalue weighted by atomic mass is 10.2. The van der Waals surface area contributed by atoms with Gasteiger partial charge in [-0.15, -0.1) is 0 Å². The Morgan fingerprint density at radius 2 is 1.37 bits per heavy atom. The fourth-order valence-corrected chi connectivity index (χ4v) is 3.33. The van der Waals surface area contributed by atoms with E-state index in [1.54, 1.807) is 48.5 Å². The first-order chi connectivity index (χ1) is 14.4. The molecule has 0 saturated heterocycles. The van der Waals surface area contributed by atoms with E-state index in [1.807, 2.05) is 6.92 Å². The summed E-state index contributed by atoms with van der Waals surface area (Å²) in [6.07, 6.45) is 1.21. The number of nitrogens with one attached hydrogen (secondary N) is 2. The number of halogens is 2. The van der Waals surface area contributed by atoms with Crippen molar-refractivity contribution in [3.05, 3.63) is 69.8 Å². The molecule has 0 fully saturated rings. The number of hydrogen-bond donors (Lipinski definition) is 2. The number of benzene rings is 2. The summed E-state index contributed by atoms with van der Waals surface area (Å²) in [6.45, 7) is 1.74. The molecule has 2 aromatic rings. The van der Waals surface area contributed by atoms with Crippen molar-refractivity contribution in [1.29, 1.82) is 0 Å². The van der Waals surface area contributed by atoms with Gasteiger partial charge in [0.2, 0.25) is 0 Å². The fourth-order valence-electron chi connectivity index (χ4n) is 3.08. The normalized spacial score (nSPS) is 15.6. The Labute approximate surface area is 185 Å². The monoisotopic (exact) mass is 448 g/mol. The quantitative estimate of drug-likeness (QED) is 0.636. The van der Waals surface area contributed by atoms with E-state index in [4.69, 9.17) is 32.7 Å². The second-order valence-corrected chi connectivity index (χ2v) is 7.84. The summed E-state index contributed by atoms with van der Waals surface area (Å²) in [5.74, 6) is 0.667. The van der Waals surface area contributed by atoms with Crippen LogP contribution < -0.4 is 20.1 Å². The maximum Gasteiger partial charge on any atom is 0.262 e. The lowest BCUT2D eigenvalue weighted by Gasteiger charge is -2.14. The van der Waals surface area contributed by atoms with Gasteiger partial charge in [-0.1, -0.05) is 28.8 Å². The molecule has 0 heterocycles. The van der Waals surface area contributed by atoms with E-state index in [-0.39, 0.29) is 31.1 Å². The van der Waals surface area contributed by atoms with Gasteiger partial charge in [-0.3, -0.25) is 9.59 Å². The topological polar surface area (TPSA) is 76.7 Å². The average Bonchev–Trinajstić information content (AvgIpc) is 3.05. The predicted octanol–water partition coefficient (Wildman–Crippen LogP) is 4.12. The first-order valence-corrected chi connectivity index (χ1v) is 10.2. The van der Waals surface area contributed by atoms with Gasteiger partial charge in [-0.25, -0.2) is 0 Å². The van der Waals surface area contributed by atoms with Crippen LogP contribution in [0.3, 0.4) is 0 Å². The number of amides is 2. The summed E-state index contributed by atoms with van der Waals surface area (Å²) in [6, 6.07) is 13.5. The molecule has 1 atom stereocenters. The third kappa shape index (κ3) is 6.68. The summed E-state index contributed by atoms with van der Waals surface area (Å²) in [4.78, 5) is 24.3. The van der Waals surface area contributed by atoms with Gasteiger partial charge in [0.25, 0.3) is 11.8 Å². The van der Waals surface area contributed by atoms with Crippen molar-refractivity contribution in [2.75, 3.05) is 13.2 Å². The van der Waals surface area contributed by atoms with E-state index in [0.29, 0.717) is 34.4 Å². The molecule has 1 unspecified atom stereocenters. The molecule has 0 radical (unpaired) electrons. The molecule has 2 aromatic carbocycles. The Morgan fingerprint density at radius 1 is 0.867 bits per heavy atom. The van der Waals surface area contributed by atoms with Crippen molar-refractivity contribution in [1.82, 2.24) is 10.6 Å². The Balaban J connectivity index is 1.39. The fraction of sp³-hybridized carbons (Fsp3) is 0.273. The number of ether oxygens (including phenoxy) is 2. The van der Waals surface area contributed by atoms with Crippen LogP contribution in [-0.4, -0.2) is 31.1 Å². The van der Waals surface area contributed by atoms with Crippen molar-refractivity contribution in [2.45, 2.75) is 25.8 Å². The molecule has 158 valence electrons. The van der Waals surface area contributed by atoms with Crippen molar-refractivity contribution in [3.8, 4) is 11.5 Å². The van der Waals surface area contributed by atoms with E-state index >= 15 is 0 Å². The van der Waals surface area contributed by atoms with Crippen LogP contribution in [0.4, 0.5) is 0 Å². The van der Waals surface area contributed by atoms with E-state index in [2.05, 4.69) is 10.6 Å². The van der Waals surface area contributed by atoms with Crippen LogP contribution in [0.15, 0.2) is 59.8 Å². The summed E-state index contributed by atoms with van der Waals surface area (Å²) >= 11 is 11.7.